The normalized spacial score (nSPS) is 14.6. The summed E-state index contributed by atoms with van der Waals surface area (Å²) in [6.07, 6.45) is 4.68. The summed E-state index contributed by atoms with van der Waals surface area (Å²) < 4.78 is 0. The van der Waals surface area contributed by atoms with Crippen LogP contribution in [-0.2, 0) is 23.4 Å². The molecule has 3 N–H and O–H groups in total. The highest BCUT2D eigenvalue weighted by Gasteiger charge is 2.20. The minimum absolute atomic E-state index is 0.0253. The molecule has 1 aromatic heterocycles. The van der Waals surface area contributed by atoms with Crippen molar-refractivity contribution in [2.75, 3.05) is 21.7 Å². The molecule has 0 spiro atoms. The van der Waals surface area contributed by atoms with Crippen molar-refractivity contribution in [3.05, 3.63) is 64.8 Å². The molecular formula is C27H29N5O2S. The van der Waals surface area contributed by atoms with Crippen molar-refractivity contribution in [3.8, 4) is 0 Å². The molecule has 8 heteroatoms. The molecule has 0 saturated heterocycles. The summed E-state index contributed by atoms with van der Waals surface area (Å²) in [5.41, 5.74) is 6.67. The largest absolute Gasteiger partial charge is 0.340 e. The summed E-state index contributed by atoms with van der Waals surface area (Å²) in [5, 5.41) is 9.74. The number of carbonyl (C=O) groups is 2. The quantitative estimate of drug-likeness (QED) is 0.375. The molecule has 1 amide bonds. The van der Waals surface area contributed by atoms with Gasteiger partial charge in [-0.25, -0.2) is 4.98 Å². The lowest BCUT2D eigenvalue weighted by molar-refractivity contribution is -0.116. The number of hydrogen-bond acceptors (Lipinski definition) is 7. The molecule has 0 bridgehead atoms. The van der Waals surface area contributed by atoms with E-state index in [0.717, 1.165) is 82.5 Å². The van der Waals surface area contributed by atoms with Gasteiger partial charge in [0.25, 0.3) is 0 Å². The van der Waals surface area contributed by atoms with Crippen molar-refractivity contribution in [1.29, 1.82) is 0 Å². The highest BCUT2D eigenvalue weighted by atomic mass is 32.2. The molecule has 0 fully saturated rings. The summed E-state index contributed by atoms with van der Waals surface area (Å²) in [4.78, 5) is 33.7. The smallest absolute Gasteiger partial charge is 0.229 e. The number of hydrogen-bond donors (Lipinski definition) is 3. The van der Waals surface area contributed by atoms with Crippen LogP contribution in [-0.4, -0.2) is 27.4 Å². The predicted molar refractivity (Wildman–Crippen MR) is 142 cm³/mol. The number of Topliss-reactive ketones (excluding diaryl/α,β-unsaturated/α-hetero) is 1. The summed E-state index contributed by atoms with van der Waals surface area (Å²) >= 11 is 1.88. The molecule has 2 aromatic carbocycles. The van der Waals surface area contributed by atoms with E-state index in [1.165, 1.54) is 0 Å². The molecule has 2 aliphatic rings. The first-order valence-electron chi connectivity index (χ1n) is 12.2. The fourth-order valence-corrected chi connectivity index (χ4v) is 5.46. The van der Waals surface area contributed by atoms with Gasteiger partial charge in [-0.1, -0.05) is 6.92 Å². The monoisotopic (exact) mass is 487 g/mol. The summed E-state index contributed by atoms with van der Waals surface area (Å²) in [7, 11) is 0. The lowest BCUT2D eigenvalue weighted by atomic mass is 9.90. The molecule has 35 heavy (non-hydrogen) atoms. The molecule has 5 rings (SSSR count). The number of benzene rings is 2. The van der Waals surface area contributed by atoms with E-state index < -0.39 is 0 Å². The van der Waals surface area contributed by atoms with Gasteiger partial charge in [-0.3, -0.25) is 9.59 Å². The number of carbonyl (C=O) groups excluding carboxylic acids is 2. The molecule has 0 atom stereocenters. The molecule has 2 heterocycles. The van der Waals surface area contributed by atoms with E-state index in [0.29, 0.717) is 18.8 Å². The Hall–Kier alpha value is -3.39. The lowest BCUT2D eigenvalue weighted by Gasteiger charge is -2.21. The van der Waals surface area contributed by atoms with E-state index in [9.17, 15) is 9.59 Å². The Morgan fingerprint density at radius 2 is 1.77 bits per heavy atom. The molecule has 1 aliphatic carbocycles. The second kappa shape index (κ2) is 10.5. The van der Waals surface area contributed by atoms with Gasteiger partial charge in [-0.15, -0.1) is 0 Å². The molecular weight excluding hydrogens is 458 g/mol. The van der Waals surface area contributed by atoms with Gasteiger partial charge in [0.2, 0.25) is 11.9 Å². The third kappa shape index (κ3) is 5.48. The highest BCUT2D eigenvalue weighted by molar-refractivity contribution is 7.98. The minimum atomic E-state index is 0.0253. The van der Waals surface area contributed by atoms with Gasteiger partial charge in [-0.05, 0) is 79.5 Å². The van der Waals surface area contributed by atoms with Gasteiger partial charge >= 0.3 is 0 Å². The second-order valence-corrected chi connectivity index (χ2v) is 10.0. The van der Waals surface area contributed by atoms with Crippen molar-refractivity contribution in [3.63, 3.8) is 0 Å². The predicted octanol–water partition coefficient (Wildman–Crippen LogP) is 6.01. The van der Waals surface area contributed by atoms with Crippen LogP contribution in [0.2, 0.25) is 0 Å². The number of thioether (sulfide) groups is 1. The summed E-state index contributed by atoms with van der Waals surface area (Å²) in [5.74, 6) is 3.49. The van der Waals surface area contributed by atoms with Crippen LogP contribution in [0.25, 0.3) is 0 Å². The van der Waals surface area contributed by atoms with Crippen molar-refractivity contribution in [2.45, 2.75) is 51.2 Å². The number of anilines is 5. The van der Waals surface area contributed by atoms with Crippen LogP contribution in [0, 0.1) is 0 Å². The molecule has 0 unspecified atom stereocenters. The van der Waals surface area contributed by atoms with Crippen LogP contribution in [0.3, 0.4) is 0 Å². The van der Waals surface area contributed by atoms with E-state index in [1.54, 1.807) is 0 Å². The first kappa shape index (κ1) is 23.4. The fourth-order valence-electron chi connectivity index (χ4n) is 4.47. The Balaban J connectivity index is 1.37. The lowest BCUT2D eigenvalue weighted by Crippen LogP contribution is -2.14. The maximum atomic E-state index is 12.2. The van der Waals surface area contributed by atoms with E-state index in [1.807, 2.05) is 61.2 Å². The van der Waals surface area contributed by atoms with Gasteiger partial charge in [0, 0.05) is 46.8 Å². The van der Waals surface area contributed by atoms with Crippen molar-refractivity contribution in [1.82, 2.24) is 9.97 Å². The third-order valence-corrected chi connectivity index (χ3v) is 7.23. The third-order valence-electron chi connectivity index (χ3n) is 6.24. The molecule has 0 radical (unpaired) electrons. The van der Waals surface area contributed by atoms with E-state index in [-0.39, 0.29) is 11.7 Å². The number of fused-ring (bicyclic) bond motifs is 2. The van der Waals surface area contributed by atoms with E-state index in [4.69, 9.17) is 9.97 Å². The number of nitrogens with zero attached hydrogens (tertiary/aromatic N) is 2. The van der Waals surface area contributed by atoms with Crippen LogP contribution < -0.4 is 16.0 Å². The Bertz CT molecular complexity index is 1260. The molecule has 1 aliphatic heterocycles. The Morgan fingerprint density at radius 1 is 0.971 bits per heavy atom. The maximum Gasteiger partial charge on any atom is 0.229 e. The first-order valence-corrected chi connectivity index (χ1v) is 13.3. The van der Waals surface area contributed by atoms with Crippen LogP contribution in [0.4, 0.5) is 28.8 Å². The van der Waals surface area contributed by atoms with Crippen molar-refractivity contribution in [2.24, 2.45) is 0 Å². The molecule has 180 valence electrons. The fraction of sp³-hybridized carbons (Fsp3) is 0.333. The van der Waals surface area contributed by atoms with Crippen molar-refractivity contribution < 1.29 is 9.59 Å². The van der Waals surface area contributed by atoms with Crippen molar-refractivity contribution >= 4 is 52.3 Å². The molecule has 0 saturated carbocycles. The zero-order chi connectivity index (χ0) is 24.2. The summed E-state index contributed by atoms with van der Waals surface area (Å²) in [6, 6.07) is 13.6. The maximum absolute atomic E-state index is 12.2. The number of ketones is 1. The minimum Gasteiger partial charge on any atom is -0.340 e. The van der Waals surface area contributed by atoms with E-state index in [2.05, 4.69) is 16.0 Å². The van der Waals surface area contributed by atoms with Crippen LogP contribution in [0.5, 0.6) is 0 Å². The molecule has 7 nitrogen and oxygen atoms in total. The van der Waals surface area contributed by atoms with Crippen LogP contribution in [0.1, 0.15) is 59.8 Å². The topological polar surface area (TPSA) is 96.0 Å². The van der Waals surface area contributed by atoms with Gasteiger partial charge in [0.05, 0.1) is 5.69 Å². The van der Waals surface area contributed by atoms with E-state index >= 15 is 0 Å². The SMILES string of the molecule is CCCC(=O)Nc1ccc(Nc2nc(Nc3ccc4c(c3)CCCC4=O)nc3c2CSCC3)cc1. The standard InChI is InChI=1S/C27H29N5O2S/c1-2-4-25(34)28-18-7-9-19(10-8-18)29-26-22-16-35-14-13-23(22)31-27(32-26)30-20-11-12-21-17(15-20)5-3-6-24(21)33/h7-12,15H,2-6,13-14,16H2,1H3,(H,28,34)(H2,29,30,31,32). The van der Waals surface area contributed by atoms with Gasteiger partial charge in [0.1, 0.15) is 5.82 Å². The number of aromatic nitrogens is 2. The zero-order valence-electron chi connectivity index (χ0n) is 19.8. The number of aryl methyl sites for hydroxylation is 2. The summed E-state index contributed by atoms with van der Waals surface area (Å²) in [6.45, 7) is 1.99. The van der Waals surface area contributed by atoms with Gasteiger partial charge < -0.3 is 16.0 Å². The zero-order valence-corrected chi connectivity index (χ0v) is 20.6. The van der Waals surface area contributed by atoms with Gasteiger partial charge in [-0.2, -0.15) is 16.7 Å². The Labute approximate surface area is 209 Å². The average molecular weight is 488 g/mol. The van der Waals surface area contributed by atoms with Crippen LogP contribution >= 0.6 is 11.8 Å². The molecule has 3 aromatic rings. The second-order valence-electron chi connectivity index (χ2n) is 8.90. The van der Waals surface area contributed by atoms with Crippen LogP contribution in [0.15, 0.2) is 42.5 Å². The average Bonchev–Trinajstić information content (AvgIpc) is 2.85. The Morgan fingerprint density at radius 3 is 2.60 bits per heavy atom. The number of nitrogens with one attached hydrogen (secondary N) is 3. The highest BCUT2D eigenvalue weighted by Crippen LogP contribution is 2.32. The first-order chi connectivity index (χ1) is 17.1. The number of amides is 1. The Kier molecular flexibility index (Phi) is 6.99. The van der Waals surface area contributed by atoms with Gasteiger partial charge in [0.15, 0.2) is 5.78 Å². The number of rotatable bonds is 7.